The summed E-state index contributed by atoms with van der Waals surface area (Å²) in [6.45, 7) is 0.859. The van der Waals surface area contributed by atoms with Gasteiger partial charge < -0.3 is 28.8 Å². The maximum Gasteiger partial charge on any atom is 0.143 e. The summed E-state index contributed by atoms with van der Waals surface area (Å²) >= 11 is 0. The van der Waals surface area contributed by atoms with Gasteiger partial charge in [-0.3, -0.25) is 0 Å². The zero-order valence-corrected chi connectivity index (χ0v) is 33.2. The standard InChI is InChI=1S/C53H52O6/c54-36-49(55-37-42-22-8-1-9-23-42)51(57-39-44-26-12-3-13-27-44)52(58-40-45-28-14-4-15-29-45)50(56-38-43-24-10-2-11-25-43)41-59-53(46-30-16-5-17-31-46,47-32-18-6-19-33-47)48-34-20-7-21-35-48/h1-35,49-52,54H,36-41H2/t49-,50-,51-,52?/m1/s1. The lowest BCUT2D eigenvalue weighted by Crippen LogP contribution is -2.52. The molecule has 0 amide bonds. The van der Waals surface area contributed by atoms with Gasteiger partial charge in [0.05, 0.1) is 39.6 Å². The van der Waals surface area contributed by atoms with Crippen LogP contribution in [-0.2, 0) is 55.7 Å². The number of benzene rings is 7. The summed E-state index contributed by atoms with van der Waals surface area (Å²) in [7, 11) is 0. The van der Waals surface area contributed by atoms with Crippen molar-refractivity contribution in [2.45, 2.75) is 56.4 Å². The Morgan fingerprint density at radius 1 is 0.339 bits per heavy atom. The van der Waals surface area contributed by atoms with E-state index >= 15 is 0 Å². The highest BCUT2D eigenvalue weighted by Gasteiger charge is 2.43. The Kier molecular flexibility index (Phi) is 15.4. The first-order chi connectivity index (χ1) is 29.2. The zero-order chi connectivity index (χ0) is 40.4. The van der Waals surface area contributed by atoms with E-state index in [9.17, 15) is 5.11 Å². The summed E-state index contributed by atoms with van der Waals surface area (Å²) in [4.78, 5) is 0. The third-order valence-electron chi connectivity index (χ3n) is 10.4. The van der Waals surface area contributed by atoms with Crippen LogP contribution in [0.5, 0.6) is 0 Å². The zero-order valence-electron chi connectivity index (χ0n) is 33.2. The molecule has 0 spiro atoms. The van der Waals surface area contributed by atoms with E-state index in [2.05, 4.69) is 36.4 Å². The van der Waals surface area contributed by atoms with Crippen LogP contribution in [0.4, 0.5) is 0 Å². The van der Waals surface area contributed by atoms with Gasteiger partial charge in [-0.1, -0.05) is 212 Å². The van der Waals surface area contributed by atoms with Crippen LogP contribution in [0, 0.1) is 0 Å². The number of hydrogen-bond acceptors (Lipinski definition) is 6. The summed E-state index contributed by atoms with van der Waals surface area (Å²) in [5.41, 5.74) is 5.83. The van der Waals surface area contributed by atoms with Gasteiger partial charge in [0, 0.05) is 0 Å². The van der Waals surface area contributed by atoms with Crippen molar-refractivity contribution >= 4 is 0 Å². The maximum absolute atomic E-state index is 11.2. The van der Waals surface area contributed by atoms with Gasteiger partial charge in [0.1, 0.15) is 30.0 Å². The van der Waals surface area contributed by atoms with E-state index in [1.165, 1.54) is 0 Å². The van der Waals surface area contributed by atoms with Crippen LogP contribution in [0.15, 0.2) is 212 Å². The SMILES string of the molecule is OC[C@@H](OCc1ccccc1)[C@@H](OCc1ccccc1)C(OCc1ccccc1)[C@@H](COC(c1ccccc1)(c1ccccc1)c1ccccc1)OCc1ccccc1. The molecule has 0 fully saturated rings. The number of aliphatic hydroxyl groups excluding tert-OH is 1. The second-order valence-corrected chi connectivity index (χ2v) is 14.5. The number of ether oxygens (including phenoxy) is 5. The molecule has 0 saturated heterocycles. The topological polar surface area (TPSA) is 66.4 Å². The van der Waals surface area contributed by atoms with Crippen molar-refractivity contribution in [1.29, 1.82) is 0 Å². The molecule has 0 bridgehead atoms. The van der Waals surface area contributed by atoms with Crippen LogP contribution >= 0.6 is 0 Å². The normalized spacial score (nSPS) is 13.6. The van der Waals surface area contributed by atoms with E-state index in [0.717, 1.165) is 38.9 Å². The molecule has 0 radical (unpaired) electrons. The minimum Gasteiger partial charge on any atom is -0.394 e. The second kappa shape index (κ2) is 21.9. The third kappa shape index (κ3) is 11.3. The lowest BCUT2D eigenvalue weighted by atomic mass is 9.80. The lowest BCUT2D eigenvalue weighted by Gasteiger charge is -2.40. The molecule has 7 rings (SSSR count). The molecule has 1 unspecified atom stereocenters. The fourth-order valence-corrected chi connectivity index (χ4v) is 7.38. The van der Waals surface area contributed by atoms with Crippen molar-refractivity contribution in [3.8, 4) is 0 Å². The Morgan fingerprint density at radius 3 is 0.932 bits per heavy atom. The van der Waals surface area contributed by atoms with Crippen LogP contribution in [-0.4, -0.2) is 42.7 Å². The Hall–Kier alpha value is -5.70. The second-order valence-electron chi connectivity index (χ2n) is 14.5. The molecule has 0 saturated carbocycles. The van der Waals surface area contributed by atoms with E-state index in [0.29, 0.717) is 0 Å². The summed E-state index contributed by atoms with van der Waals surface area (Å²) in [6.07, 6.45) is -3.08. The molecule has 1 N–H and O–H groups in total. The molecule has 300 valence electrons. The fraction of sp³-hybridized carbons (Fsp3) is 0.208. The smallest absolute Gasteiger partial charge is 0.143 e. The van der Waals surface area contributed by atoms with Gasteiger partial charge in [-0.2, -0.15) is 0 Å². The molecule has 59 heavy (non-hydrogen) atoms. The molecule has 6 heteroatoms. The van der Waals surface area contributed by atoms with E-state index in [1.54, 1.807) is 0 Å². The van der Waals surface area contributed by atoms with Gasteiger partial charge in [-0.05, 0) is 38.9 Å². The monoisotopic (exact) mass is 784 g/mol. The molecule has 0 aliphatic rings. The van der Waals surface area contributed by atoms with Crippen LogP contribution < -0.4 is 0 Å². The van der Waals surface area contributed by atoms with Gasteiger partial charge in [-0.25, -0.2) is 0 Å². The molecular weight excluding hydrogens is 733 g/mol. The van der Waals surface area contributed by atoms with Crippen molar-refractivity contribution in [3.63, 3.8) is 0 Å². The van der Waals surface area contributed by atoms with Crippen molar-refractivity contribution in [3.05, 3.63) is 251 Å². The summed E-state index contributed by atoms with van der Waals surface area (Å²) in [6, 6.07) is 71.0. The van der Waals surface area contributed by atoms with E-state index in [-0.39, 0.29) is 39.6 Å². The lowest BCUT2D eigenvalue weighted by molar-refractivity contribution is -0.209. The highest BCUT2D eigenvalue weighted by Crippen LogP contribution is 2.41. The highest BCUT2D eigenvalue weighted by atomic mass is 16.6. The third-order valence-corrected chi connectivity index (χ3v) is 10.4. The average Bonchev–Trinajstić information content (AvgIpc) is 3.32. The van der Waals surface area contributed by atoms with Crippen LogP contribution in [0.25, 0.3) is 0 Å². The largest absolute Gasteiger partial charge is 0.394 e. The average molecular weight is 785 g/mol. The van der Waals surface area contributed by atoms with Crippen LogP contribution in [0.3, 0.4) is 0 Å². The first kappa shape index (κ1) is 41.5. The summed E-state index contributed by atoms with van der Waals surface area (Å²) in [5.74, 6) is 0. The van der Waals surface area contributed by atoms with Crippen molar-refractivity contribution in [2.75, 3.05) is 13.2 Å². The molecule has 7 aromatic carbocycles. The molecule has 4 atom stereocenters. The van der Waals surface area contributed by atoms with Crippen molar-refractivity contribution < 1.29 is 28.8 Å². The quantitative estimate of drug-likeness (QED) is 0.0691. The van der Waals surface area contributed by atoms with Gasteiger partial charge >= 0.3 is 0 Å². The van der Waals surface area contributed by atoms with Crippen LogP contribution in [0.2, 0.25) is 0 Å². The number of hydrogen-bond donors (Lipinski definition) is 1. The molecule has 0 aliphatic heterocycles. The van der Waals surface area contributed by atoms with Gasteiger partial charge in [-0.15, -0.1) is 0 Å². The van der Waals surface area contributed by atoms with E-state index in [1.807, 2.05) is 176 Å². The van der Waals surface area contributed by atoms with Gasteiger partial charge in [0.25, 0.3) is 0 Å². The van der Waals surface area contributed by atoms with Crippen molar-refractivity contribution in [1.82, 2.24) is 0 Å². The Balaban J connectivity index is 1.32. The highest BCUT2D eigenvalue weighted by molar-refractivity contribution is 5.47. The minimum absolute atomic E-state index is 0.0903. The van der Waals surface area contributed by atoms with E-state index in [4.69, 9.17) is 23.7 Å². The summed E-state index contributed by atoms with van der Waals surface area (Å²) in [5, 5.41) is 11.2. The minimum atomic E-state index is -1.03. The number of aliphatic hydroxyl groups is 1. The van der Waals surface area contributed by atoms with Gasteiger partial charge in [0.2, 0.25) is 0 Å². The number of rotatable bonds is 22. The Labute approximate surface area is 348 Å². The molecule has 7 aromatic rings. The van der Waals surface area contributed by atoms with E-state index < -0.39 is 30.0 Å². The first-order valence-electron chi connectivity index (χ1n) is 20.3. The maximum atomic E-state index is 11.2. The molecular formula is C53H52O6. The molecule has 6 nitrogen and oxygen atoms in total. The predicted molar refractivity (Wildman–Crippen MR) is 232 cm³/mol. The van der Waals surface area contributed by atoms with Crippen molar-refractivity contribution in [2.24, 2.45) is 0 Å². The summed E-state index contributed by atoms with van der Waals surface area (Å²) < 4.78 is 35.0. The molecule has 0 aromatic heterocycles. The van der Waals surface area contributed by atoms with Crippen LogP contribution in [0.1, 0.15) is 38.9 Å². The fourth-order valence-electron chi connectivity index (χ4n) is 7.38. The Morgan fingerprint density at radius 2 is 0.610 bits per heavy atom. The Bertz CT molecular complexity index is 2080. The molecule has 0 heterocycles. The van der Waals surface area contributed by atoms with Gasteiger partial charge in [0.15, 0.2) is 0 Å². The predicted octanol–water partition coefficient (Wildman–Crippen LogP) is 10.3. The molecule has 0 aliphatic carbocycles. The first-order valence-corrected chi connectivity index (χ1v) is 20.3.